The Labute approximate surface area is 183 Å². The van der Waals surface area contributed by atoms with Gasteiger partial charge >= 0.3 is 0 Å². The number of rotatable bonds is 1. The molecular formula is C15H14N4O8Y-2. The Hall–Kier alpha value is -2.34. The number of hydrogen-bond acceptors (Lipinski definition) is 8. The van der Waals surface area contributed by atoms with E-state index in [4.69, 9.17) is 0 Å². The van der Waals surface area contributed by atoms with Gasteiger partial charge in [-0.2, -0.15) is 0 Å². The molecule has 12 nitrogen and oxygen atoms in total. The quantitative estimate of drug-likeness (QED) is 0.227. The van der Waals surface area contributed by atoms with Crippen LogP contribution in [0.15, 0.2) is 0 Å². The molecule has 4 heterocycles. The second kappa shape index (κ2) is 6.92. The molecule has 4 aliphatic heterocycles. The molecule has 4 aliphatic rings. The van der Waals surface area contributed by atoms with E-state index in [1.165, 1.54) is 14.1 Å². The summed E-state index contributed by atoms with van der Waals surface area (Å²) >= 11 is 0. The van der Waals surface area contributed by atoms with Crippen LogP contribution in [0.3, 0.4) is 0 Å². The van der Waals surface area contributed by atoms with Crippen LogP contribution in [0.25, 0.3) is 5.32 Å². The van der Waals surface area contributed by atoms with Crippen LogP contribution >= 0.6 is 0 Å². The van der Waals surface area contributed by atoms with E-state index in [0.717, 1.165) is 14.7 Å². The summed E-state index contributed by atoms with van der Waals surface area (Å²) in [5.41, 5.74) is -4.03. The topological polar surface area (TPSA) is 160 Å². The van der Waals surface area contributed by atoms with E-state index in [1.54, 1.807) is 6.92 Å². The Morgan fingerprint density at radius 1 is 0.679 bits per heavy atom. The maximum Gasteiger partial charge on any atom is 0.284 e. The van der Waals surface area contributed by atoms with Gasteiger partial charge in [0.25, 0.3) is 40.9 Å². The zero-order chi connectivity index (χ0) is 19.8. The number of carbonyl (C=O) groups excluding carboxylic acids is 8. The number of hydrogen-bond donors (Lipinski definition) is 0. The normalized spacial score (nSPS) is 22.9. The Morgan fingerprint density at radius 2 is 1.00 bits per heavy atom. The smallest absolute Gasteiger partial charge is 0.284 e. The molecule has 0 bridgehead atoms. The van der Waals surface area contributed by atoms with E-state index in [9.17, 15) is 38.4 Å². The molecule has 4 rings (SSSR count). The predicted octanol–water partition coefficient (Wildman–Crippen LogP) is -2.78. The van der Waals surface area contributed by atoms with Crippen molar-refractivity contribution in [3.8, 4) is 0 Å². The van der Waals surface area contributed by atoms with Gasteiger partial charge in [-0.1, -0.05) is 0 Å². The van der Waals surface area contributed by atoms with Crippen LogP contribution < -0.4 is 0 Å². The first kappa shape index (κ1) is 23.7. The van der Waals surface area contributed by atoms with Crippen LogP contribution in [0.5, 0.6) is 0 Å². The van der Waals surface area contributed by atoms with Gasteiger partial charge in [0, 0.05) is 53.3 Å². The number of β-lactam (4-membered cyclic amide) rings is 8. The average molecular weight is 467 g/mol. The fourth-order valence-corrected chi connectivity index (χ4v) is 3.12. The Balaban J connectivity index is 0.000000264. The summed E-state index contributed by atoms with van der Waals surface area (Å²) in [5.74, 6) is -6.17. The maximum atomic E-state index is 11.4. The summed E-state index contributed by atoms with van der Waals surface area (Å²) in [7, 11) is 2.47. The molecule has 28 heavy (non-hydrogen) atoms. The molecule has 0 aromatic heterocycles. The van der Waals surface area contributed by atoms with E-state index < -0.39 is 58.1 Å². The molecule has 0 aliphatic carbocycles. The van der Waals surface area contributed by atoms with E-state index in [-0.39, 0.29) is 46.7 Å². The van der Waals surface area contributed by atoms with Crippen LogP contribution in [0.2, 0.25) is 0 Å². The number of nitrogens with zero attached hydrogens (tertiary/aromatic N) is 4. The number of likely N-dealkylation sites (tertiary alicyclic amines) is 3. The molecule has 8 amide bonds. The van der Waals surface area contributed by atoms with Crippen LogP contribution in [0.4, 0.5) is 0 Å². The van der Waals surface area contributed by atoms with Crippen LogP contribution in [-0.4, -0.2) is 82.6 Å². The van der Waals surface area contributed by atoms with Crippen molar-refractivity contribution in [2.75, 3.05) is 20.6 Å². The monoisotopic (exact) mass is 467 g/mol. The van der Waals surface area contributed by atoms with Gasteiger partial charge in [-0.3, -0.25) is 43.5 Å². The van der Waals surface area contributed by atoms with Gasteiger partial charge in [0.1, 0.15) is 0 Å². The number of carbonyl (C=O) groups is 8. The molecule has 0 aromatic carbocycles. The molecule has 4 fully saturated rings. The summed E-state index contributed by atoms with van der Waals surface area (Å²) in [4.78, 5) is 91.4. The van der Waals surface area contributed by atoms with Crippen molar-refractivity contribution >= 4 is 47.3 Å². The largest absolute Gasteiger partial charge is 0.592 e. The number of imide groups is 4. The van der Waals surface area contributed by atoms with Gasteiger partial charge in [0.15, 0.2) is 0 Å². The van der Waals surface area contributed by atoms with Crippen molar-refractivity contribution in [3.05, 3.63) is 12.7 Å². The molecule has 0 N–H and O–H groups in total. The molecule has 13 heteroatoms. The maximum absolute atomic E-state index is 11.4. The summed E-state index contributed by atoms with van der Waals surface area (Å²) in [5, 5.41) is 2.89. The minimum Gasteiger partial charge on any atom is -0.592 e. The van der Waals surface area contributed by atoms with E-state index >= 15 is 0 Å². The molecule has 0 saturated carbocycles. The van der Waals surface area contributed by atoms with Gasteiger partial charge in [-0.05, 0) is 6.92 Å². The average Bonchev–Trinajstić information content (AvgIpc) is 2.62. The summed E-state index contributed by atoms with van der Waals surface area (Å²) in [6.07, 6.45) is 0. The Kier molecular flexibility index (Phi) is 5.86. The van der Waals surface area contributed by atoms with Crippen molar-refractivity contribution in [1.29, 1.82) is 0 Å². The standard InChI is InChI=1S/C8H8N2O4.C6H4N2O4.CH3.Y/c1-3-10-6(13)8(7(10)14)4(11)9(2)5(8)12;1-8-4(11)6(5(8)12)2(9)7-3(6)10;;/h3H2,1-2H3;1H3,(H,7,9,10);1H3;/q;;-1;/p-1. The van der Waals surface area contributed by atoms with Crippen molar-refractivity contribution in [1.82, 2.24) is 14.7 Å². The zero-order valence-electron chi connectivity index (χ0n) is 15.3. The van der Waals surface area contributed by atoms with Gasteiger partial charge in [0.2, 0.25) is 5.41 Å². The second-order valence-electron chi connectivity index (χ2n) is 5.92. The molecule has 1 radical (unpaired) electrons. The van der Waals surface area contributed by atoms with Gasteiger partial charge in [-0.25, -0.2) is 0 Å². The third-order valence-electron chi connectivity index (χ3n) is 4.79. The second-order valence-corrected chi connectivity index (χ2v) is 5.92. The molecule has 2 spiro atoms. The van der Waals surface area contributed by atoms with E-state index in [2.05, 4.69) is 5.32 Å². The van der Waals surface area contributed by atoms with Crippen LogP contribution in [0, 0.1) is 18.3 Å². The summed E-state index contributed by atoms with van der Waals surface area (Å²) < 4.78 is 0. The fourth-order valence-electron chi connectivity index (χ4n) is 3.12. The molecule has 0 unspecified atom stereocenters. The first-order valence-electron chi connectivity index (χ1n) is 7.34. The Bertz CT molecular complexity index is 815. The third kappa shape index (κ3) is 2.12. The SMILES string of the molecule is CCN1C(=O)C2(C(=O)N(C)C2=O)C1=O.CN1C(=O)C2(C(=O)[N-]C2=O)C1=O.[CH3-].[Y]. The van der Waals surface area contributed by atoms with E-state index in [1.807, 2.05) is 0 Å². The van der Waals surface area contributed by atoms with Gasteiger partial charge < -0.3 is 22.3 Å². The van der Waals surface area contributed by atoms with Crippen LogP contribution in [-0.2, 0) is 71.1 Å². The minimum absolute atomic E-state index is 0. The predicted molar refractivity (Wildman–Crippen MR) is 82.6 cm³/mol. The van der Waals surface area contributed by atoms with Crippen molar-refractivity contribution in [2.45, 2.75) is 6.92 Å². The van der Waals surface area contributed by atoms with Gasteiger partial charge in [0.05, 0.1) is 11.8 Å². The van der Waals surface area contributed by atoms with Gasteiger partial charge in [-0.15, -0.1) is 0 Å². The van der Waals surface area contributed by atoms with Crippen LogP contribution in [0.1, 0.15) is 6.92 Å². The summed E-state index contributed by atoms with van der Waals surface area (Å²) in [6, 6.07) is 0. The molecule has 4 saturated heterocycles. The van der Waals surface area contributed by atoms with E-state index in [0.29, 0.717) is 0 Å². The molecular weight excluding hydrogens is 453 g/mol. The molecule has 0 atom stereocenters. The first-order valence-corrected chi connectivity index (χ1v) is 7.34. The first-order chi connectivity index (χ1) is 12.0. The molecule has 147 valence electrons. The minimum atomic E-state index is -2.05. The Morgan fingerprint density at radius 3 is 1.25 bits per heavy atom. The van der Waals surface area contributed by atoms with Crippen molar-refractivity contribution in [3.63, 3.8) is 0 Å². The molecule has 0 aromatic rings. The number of amides is 8. The zero-order valence-corrected chi connectivity index (χ0v) is 18.2. The summed E-state index contributed by atoms with van der Waals surface area (Å²) in [6.45, 7) is 1.81. The third-order valence-corrected chi connectivity index (χ3v) is 4.79. The van der Waals surface area contributed by atoms with Crippen molar-refractivity contribution < 1.29 is 71.1 Å². The van der Waals surface area contributed by atoms with Crippen molar-refractivity contribution in [2.24, 2.45) is 10.8 Å². The fraction of sp³-hybridized carbons (Fsp3) is 0.400.